The van der Waals surface area contributed by atoms with Crippen molar-refractivity contribution in [3.05, 3.63) is 34.9 Å². The molecule has 1 aromatic rings. The van der Waals surface area contributed by atoms with Gasteiger partial charge in [-0.3, -0.25) is 4.79 Å². The monoisotopic (exact) mass is 342 g/mol. The van der Waals surface area contributed by atoms with E-state index in [0.717, 1.165) is 0 Å². The smallest absolute Gasteiger partial charge is 0.253 e. The molecule has 22 heavy (non-hydrogen) atoms. The van der Waals surface area contributed by atoms with E-state index in [4.69, 9.17) is 11.6 Å². The number of nitrogens with zero attached hydrogens (tertiary/aromatic N) is 2. The molecule has 2 saturated heterocycles. The summed E-state index contributed by atoms with van der Waals surface area (Å²) in [7, 11) is -3.07. The number of hydrogen-bond donors (Lipinski definition) is 0. The van der Waals surface area contributed by atoms with Crippen LogP contribution in [0.1, 0.15) is 29.6 Å². The van der Waals surface area contributed by atoms with Crippen molar-refractivity contribution in [3.8, 4) is 0 Å². The predicted octanol–water partition coefficient (Wildman–Crippen LogP) is 1.98. The van der Waals surface area contributed by atoms with Crippen molar-refractivity contribution in [2.24, 2.45) is 0 Å². The Bertz CT molecular complexity index is 652. The predicted molar refractivity (Wildman–Crippen MR) is 85.5 cm³/mol. The maximum atomic E-state index is 12.4. The number of benzene rings is 1. The van der Waals surface area contributed by atoms with E-state index in [1.807, 2.05) is 0 Å². The van der Waals surface area contributed by atoms with Crippen LogP contribution in [0.3, 0.4) is 0 Å². The molecular formula is C15H19ClN2O3S. The van der Waals surface area contributed by atoms with Crippen LogP contribution in [0.15, 0.2) is 24.3 Å². The summed E-state index contributed by atoms with van der Waals surface area (Å²) in [5.41, 5.74) is 0.622. The van der Waals surface area contributed by atoms with Crippen molar-refractivity contribution < 1.29 is 13.2 Å². The van der Waals surface area contributed by atoms with Crippen LogP contribution in [0.2, 0.25) is 5.02 Å². The number of amides is 1. The third kappa shape index (κ3) is 3.14. The zero-order valence-electron chi connectivity index (χ0n) is 12.2. The molecular weight excluding hydrogens is 324 g/mol. The SMILES string of the molecule is O=C(c1ccc(Cl)cc1)N1CCC(N2CCCS2(=O)=O)CC1. The van der Waals surface area contributed by atoms with Gasteiger partial charge in [0.1, 0.15) is 0 Å². The highest BCUT2D eigenvalue weighted by Gasteiger charge is 2.36. The molecule has 2 fully saturated rings. The summed E-state index contributed by atoms with van der Waals surface area (Å²) in [6, 6.07) is 6.90. The van der Waals surface area contributed by atoms with Crippen LogP contribution in [-0.2, 0) is 10.0 Å². The Balaban J connectivity index is 1.62. The van der Waals surface area contributed by atoms with E-state index in [1.165, 1.54) is 0 Å². The van der Waals surface area contributed by atoms with E-state index in [1.54, 1.807) is 33.5 Å². The molecule has 5 nitrogen and oxygen atoms in total. The Morgan fingerprint density at radius 1 is 1.09 bits per heavy atom. The Labute approximate surface area is 135 Å². The molecule has 1 amide bonds. The minimum Gasteiger partial charge on any atom is -0.339 e. The molecule has 0 bridgehead atoms. The molecule has 0 atom stereocenters. The first-order valence-corrected chi connectivity index (χ1v) is 9.50. The minimum atomic E-state index is -3.07. The maximum Gasteiger partial charge on any atom is 0.253 e. The second-order valence-electron chi connectivity index (χ2n) is 5.81. The van der Waals surface area contributed by atoms with Gasteiger partial charge >= 0.3 is 0 Å². The largest absolute Gasteiger partial charge is 0.339 e. The zero-order valence-corrected chi connectivity index (χ0v) is 13.8. The fraction of sp³-hybridized carbons (Fsp3) is 0.533. The lowest BCUT2D eigenvalue weighted by Crippen LogP contribution is -2.47. The number of carbonyl (C=O) groups is 1. The van der Waals surface area contributed by atoms with E-state index >= 15 is 0 Å². The van der Waals surface area contributed by atoms with Crippen molar-refractivity contribution in [1.82, 2.24) is 9.21 Å². The molecule has 3 rings (SSSR count). The van der Waals surface area contributed by atoms with Gasteiger partial charge in [0, 0.05) is 36.3 Å². The summed E-state index contributed by atoms with van der Waals surface area (Å²) in [6.45, 7) is 1.81. The number of rotatable bonds is 2. The van der Waals surface area contributed by atoms with Crippen LogP contribution in [0.4, 0.5) is 0 Å². The lowest BCUT2D eigenvalue weighted by Gasteiger charge is -2.35. The standard InChI is InChI=1S/C15H19ClN2O3S/c16-13-4-2-12(3-5-13)15(19)17-9-6-14(7-10-17)18-8-1-11-22(18,20)21/h2-5,14H,1,6-11H2. The number of carbonyl (C=O) groups excluding carboxylic acids is 1. The summed E-state index contributed by atoms with van der Waals surface area (Å²) in [6.07, 6.45) is 2.13. The van der Waals surface area contributed by atoms with E-state index in [2.05, 4.69) is 0 Å². The lowest BCUT2D eigenvalue weighted by molar-refractivity contribution is 0.0681. The first-order chi connectivity index (χ1) is 10.5. The summed E-state index contributed by atoms with van der Waals surface area (Å²) in [4.78, 5) is 14.2. The number of halogens is 1. The fourth-order valence-electron chi connectivity index (χ4n) is 3.20. The van der Waals surface area contributed by atoms with E-state index in [0.29, 0.717) is 49.5 Å². The average molecular weight is 343 g/mol. The number of sulfonamides is 1. The highest BCUT2D eigenvalue weighted by atomic mass is 35.5. The highest BCUT2D eigenvalue weighted by molar-refractivity contribution is 7.89. The van der Waals surface area contributed by atoms with Crippen LogP contribution in [-0.4, -0.2) is 55.0 Å². The lowest BCUT2D eigenvalue weighted by atomic mass is 10.0. The molecule has 7 heteroatoms. The van der Waals surface area contributed by atoms with Crippen LogP contribution in [0.5, 0.6) is 0 Å². The molecule has 1 aromatic carbocycles. The van der Waals surface area contributed by atoms with E-state index in [-0.39, 0.29) is 17.7 Å². The Morgan fingerprint density at radius 3 is 2.27 bits per heavy atom. The summed E-state index contributed by atoms with van der Waals surface area (Å²) in [5, 5.41) is 0.606. The molecule has 0 aromatic heterocycles. The summed E-state index contributed by atoms with van der Waals surface area (Å²) < 4.78 is 25.6. The molecule has 0 unspecified atom stereocenters. The normalized spacial score (nSPS) is 22.9. The molecule has 0 saturated carbocycles. The third-order valence-corrected chi connectivity index (χ3v) is 6.64. The van der Waals surface area contributed by atoms with Crippen LogP contribution in [0, 0.1) is 0 Å². The first kappa shape index (κ1) is 15.8. The summed E-state index contributed by atoms with van der Waals surface area (Å²) >= 11 is 5.83. The minimum absolute atomic E-state index is 0.0144. The van der Waals surface area contributed by atoms with Gasteiger partial charge in [0.05, 0.1) is 5.75 Å². The maximum absolute atomic E-state index is 12.4. The van der Waals surface area contributed by atoms with Crippen molar-refractivity contribution in [2.75, 3.05) is 25.4 Å². The van der Waals surface area contributed by atoms with Crippen molar-refractivity contribution >= 4 is 27.5 Å². The molecule has 0 aliphatic carbocycles. The van der Waals surface area contributed by atoms with Gasteiger partial charge in [-0.15, -0.1) is 0 Å². The molecule has 2 aliphatic heterocycles. The van der Waals surface area contributed by atoms with Crippen molar-refractivity contribution in [2.45, 2.75) is 25.3 Å². The van der Waals surface area contributed by atoms with E-state index in [9.17, 15) is 13.2 Å². The van der Waals surface area contributed by atoms with Gasteiger partial charge in [0.25, 0.3) is 5.91 Å². The topological polar surface area (TPSA) is 57.7 Å². The van der Waals surface area contributed by atoms with Crippen molar-refractivity contribution in [1.29, 1.82) is 0 Å². The third-order valence-electron chi connectivity index (χ3n) is 4.39. The molecule has 120 valence electrons. The van der Waals surface area contributed by atoms with Gasteiger partial charge in [0.15, 0.2) is 0 Å². The average Bonchev–Trinajstić information content (AvgIpc) is 2.87. The zero-order chi connectivity index (χ0) is 15.7. The number of piperidine rings is 1. The second kappa shape index (κ2) is 6.18. The van der Waals surface area contributed by atoms with Gasteiger partial charge in [-0.1, -0.05) is 11.6 Å². The van der Waals surface area contributed by atoms with Gasteiger partial charge in [-0.25, -0.2) is 8.42 Å². The molecule has 2 aliphatic rings. The molecule has 0 spiro atoms. The number of hydrogen-bond acceptors (Lipinski definition) is 3. The van der Waals surface area contributed by atoms with Crippen molar-refractivity contribution in [3.63, 3.8) is 0 Å². The summed E-state index contributed by atoms with van der Waals surface area (Å²) in [5.74, 6) is 0.246. The quantitative estimate of drug-likeness (QED) is 0.825. The fourth-order valence-corrected chi connectivity index (χ4v) is 5.13. The van der Waals surface area contributed by atoms with Gasteiger partial charge < -0.3 is 4.90 Å². The number of likely N-dealkylation sites (tertiary alicyclic amines) is 1. The van der Waals surface area contributed by atoms with Crippen LogP contribution in [0.25, 0.3) is 0 Å². The molecule has 0 radical (unpaired) electrons. The van der Waals surface area contributed by atoms with Crippen LogP contribution >= 0.6 is 11.6 Å². The van der Waals surface area contributed by atoms with Gasteiger partial charge in [0.2, 0.25) is 10.0 Å². The highest BCUT2D eigenvalue weighted by Crippen LogP contribution is 2.25. The van der Waals surface area contributed by atoms with E-state index < -0.39 is 10.0 Å². The Kier molecular flexibility index (Phi) is 4.43. The van der Waals surface area contributed by atoms with Gasteiger partial charge in [-0.2, -0.15) is 4.31 Å². The Morgan fingerprint density at radius 2 is 1.73 bits per heavy atom. The first-order valence-electron chi connectivity index (χ1n) is 7.52. The second-order valence-corrected chi connectivity index (χ2v) is 8.29. The molecule has 2 heterocycles. The van der Waals surface area contributed by atoms with Gasteiger partial charge in [-0.05, 0) is 43.5 Å². The Hall–Kier alpha value is -1.11. The molecule has 0 N–H and O–H groups in total. The van der Waals surface area contributed by atoms with Crippen LogP contribution < -0.4 is 0 Å².